The number of phenolic OH excluding ortho intramolecular Hbond substituents is 1. The van der Waals surface area contributed by atoms with E-state index in [-0.39, 0.29) is 31.4 Å². The highest BCUT2D eigenvalue weighted by Gasteiger charge is 2.47. The van der Waals surface area contributed by atoms with Crippen LogP contribution in [0, 0.1) is 11.7 Å². The summed E-state index contributed by atoms with van der Waals surface area (Å²) in [5, 5.41) is 9.49. The molecule has 0 unspecified atom stereocenters. The molecule has 3 rings (SSSR count). The number of benzene rings is 2. The van der Waals surface area contributed by atoms with Crippen LogP contribution in [0.2, 0.25) is 0 Å². The minimum absolute atomic E-state index is 0.0291. The minimum atomic E-state index is -4.21. The first-order valence-electron chi connectivity index (χ1n) is 7.94. The summed E-state index contributed by atoms with van der Waals surface area (Å²) in [6, 6.07) is 12.6. The van der Waals surface area contributed by atoms with E-state index in [1.54, 1.807) is 30.3 Å². The topological polar surface area (TPSA) is 20.2 Å². The van der Waals surface area contributed by atoms with Crippen LogP contribution in [0.25, 0.3) is 0 Å². The van der Waals surface area contributed by atoms with Crippen molar-refractivity contribution in [1.82, 2.24) is 0 Å². The van der Waals surface area contributed by atoms with Gasteiger partial charge in [-0.2, -0.15) is 13.2 Å². The summed E-state index contributed by atoms with van der Waals surface area (Å²) in [6.07, 6.45) is -3.82. The first kappa shape index (κ1) is 16.8. The Kier molecular flexibility index (Phi) is 4.28. The van der Waals surface area contributed by atoms with Gasteiger partial charge in [-0.25, -0.2) is 4.39 Å². The third-order valence-corrected chi connectivity index (χ3v) is 5.11. The zero-order valence-electron chi connectivity index (χ0n) is 13.0. The molecule has 128 valence electrons. The second-order valence-electron chi connectivity index (χ2n) is 6.42. The fourth-order valence-electron chi connectivity index (χ4n) is 3.78. The summed E-state index contributed by atoms with van der Waals surface area (Å²) < 4.78 is 53.5. The van der Waals surface area contributed by atoms with Crippen LogP contribution >= 0.6 is 0 Å². The van der Waals surface area contributed by atoms with Gasteiger partial charge < -0.3 is 5.11 Å². The molecule has 0 aromatic heterocycles. The highest BCUT2D eigenvalue weighted by Crippen LogP contribution is 2.50. The average molecular weight is 338 g/mol. The van der Waals surface area contributed by atoms with Crippen LogP contribution in [0.4, 0.5) is 17.6 Å². The molecule has 0 aliphatic heterocycles. The van der Waals surface area contributed by atoms with Gasteiger partial charge >= 0.3 is 6.18 Å². The quantitative estimate of drug-likeness (QED) is 0.710. The number of rotatable bonds is 2. The number of halogens is 4. The summed E-state index contributed by atoms with van der Waals surface area (Å²) in [6.45, 7) is 0. The van der Waals surface area contributed by atoms with Gasteiger partial charge in [-0.15, -0.1) is 0 Å². The Morgan fingerprint density at radius 3 is 2.04 bits per heavy atom. The lowest BCUT2D eigenvalue weighted by Gasteiger charge is -2.41. The molecule has 2 aromatic rings. The van der Waals surface area contributed by atoms with Crippen molar-refractivity contribution >= 4 is 0 Å². The lowest BCUT2D eigenvalue weighted by Crippen LogP contribution is -2.38. The first-order chi connectivity index (χ1) is 11.3. The second-order valence-corrected chi connectivity index (χ2v) is 6.42. The number of aromatic hydroxyl groups is 1. The Morgan fingerprint density at radius 2 is 1.50 bits per heavy atom. The molecule has 0 saturated heterocycles. The zero-order chi connectivity index (χ0) is 17.4. The molecule has 0 amide bonds. The smallest absolute Gasteiger partial charge is 0.391 e. The van der Waals surface area contributed by atoms with Crippen molar-refractivity contribution in [3.63, 3.8) is 0 Å². The average Bonchev–Trinajstić information content (AvgIpc) is 2.55. The summed E-state index contributed by atoms with van der Waals surface area (Å²) >= 11 is 0. The molecule has 5 heteroatoms. The van der Waals surface area contributed by atoms with Crippen molar-refractivity contribution in [2.45, 2.75) is 37.3 Å². The van der Waals surface area contributed by atoms with Gasteiger partial charge in [-0.1, -0.05) is 30.3 Å². The van der Waals surface area contributed by atoms with Crippen LogP contribution in [-0.4, -0.2) is 11.3 Å². The molecule has 2 aromatic carbocycles. The predicted molar refractivity (Wildman–Crippen MR) is 83.3 cm³/mol. The van der Waals surface area contributed by atoms with Crippen LogP contribution in [0.1, 0.15) is 36.8 Å². The molecule has 0 radical (unpaired) electrons. The van der Waals surface area contributed by atoms with Gasteiger partial charge in [-0.05, 0) is 55.0 Å². The van der Waals surface area contributed by atoms with Crippen molar-refractivity contribution in [3.05, 3.63) is 65.5 Å². The molecule has 24 heavy (non-hydrogen) atoms. The maximum atomic E-state index is 14.4. The summed E-state index contributed by atoms with van der Waals surface area (Å²) in [5.41, 5.74) is 0.378. The third kappa shape index (κ3) is 2.99. The minimum Gasteiger partial charge on any atom is -0.508 e. The predicted octanol–water partition coefficient (Wildman–Crippen LogP) is 5.57. The van der Waals surface area contributed by atoms with Gasteiger partial charge in [-0.3, -0.25) is 0 Å². The lowest BCUT2D eigenvalue weighted by atomic mass is 9.63. The largest absolute Gasteiger partial charge is 0.508 e. The summed E-state index contributed by atoms with van der Waals surface area (Å²) in [4.78, 5) is 0. The van der Waals surface area contributed by atoms with Crippen LogP contribution in [-0.2, 0) is 5.41 Å². The molecule has 1 aliphatic carbocycles. The van der Waals surface area contributed by atoms with Crippen LogP contribution in [0.15, 0.2) is 48.5 Å². The SMILES string of the molecule is Oc1ccc([C@]2(c3ccccc3F)CC[C@H](C(F)(F)F)CC2)cc1. The lowest BCUT2D eigenvalue weighted by molar-refractivity contribution is -0.184. The fourth-order valence-corrected chi connectivity index (χ4v) is 3.78. The number of phenols is 1. The van der Waals surface area contributed by atoms with Crippen molar-refractivity contribution in [1.29, 1.82) is 0 Å². The number of alkyl halides is 3. The van der Waals surface area contributed by atoms with E-state index >= 15 is 0 Å². The van der Waals surface area contributed by atoms with Crippen LogP contribution < -0.4 is 0 Å². The van der Waals surface area contributed by atoms with E-state index in [0.29, 0.717) is 5.56 Å². The molecular formula is C19H18F4O. The van der Waals surface area contributed by atoms with Crippen LogP contribution in [0.3, 0.4) is 0 Å². The van der Waals surface area contributed by atoms with Gasteiger partial charge in [0, 0.05) is 5.41 Å². The van der Waals surface area contributed by atoms with Gasteiger partial charge in [0.2, 0.25) is 0 Å². The van der Waals surface area contributed by atoms with Crippen molar-refractivity contribution < 1.29 is 22.7 Å². The maximum Gasteiger partial charge on any atom is 0.391 e. The van der Waals surface area contributed by atoms with E-state index in [9.17, 15) is 22.7 Å². The standard InChI is InChI=1S/C19H18F4O/c20-17-4-2-1-3-16(17)18(13-5-7-15(24)8-6-13)11-9-14(10-12-18)19(21,22)23/h1-8,14,24H,9-12H2/t14-,18-. The Bertz CT molecular complexity index is 698. The van der Waals surface area contributed by atoms with Crippen LogP contribution in [0.5, 0.6) is 5.75 Å². The third-order valence-electron chi connectivity index (χ3n) is 5.11. The monoisotopic (exact) mass is 338 g/mol. The highest BCUT2D eigenvalue weighted by molar-refractivity contribution is 5.42. The molecular weight excluding hydrogens is 320 g/mol. The molecule has 0 heterocycles. The molecule has 1 fully saturated rings. The Labute approximate surface area is 137 Å². The van der Waals surface area contributed by atoms with E-state index in [0.717, 1.165) is 5.56 Å². The fraction of sp³-hybridized carbons (Fsp3) is 0.368. The summed E-state index contributed by atoms with van der Waals surface area (Å²) in [7, 11) is 0. The number of hydrogen-bond acceptors (Lipinski definition) is 1. The molecule has 1 N–H and O–H groups in total. The first-order valence-corrected chi connectivity index (χ1v) is 7.94. The maximum absolute atomic E-state index is 14.4. The Hall–Kier alpha value is -2.04. The summed E-state index contributed by atoms with van der Waals surface area (Å²) in [5.74, 6) is -1.67. The molecule has 0 spiro atoms. The van der Waals surface area contributed by atoms with E-state index in [2.05, 4.69) is 0 Å². The number of hydrogen-bond donors (Lipinski definition) is 1. The molecule has 1 aliphatic rings. The Balaban J connectivity index is 2.04. The zero-order valence-corrected chi connectivity index (χ0v) is 13.0. The van der Waals surface area contributed by atoms with E-state index in [1.165, 1.54) is 18.2 Å². The second kappa shape index (κ2) is 6.11. The molecule has 0 bridgehead atoms. The Morgan fingerprint density at radius 1 is 0.917 bits per heavy atom. The van der Waals surface area contributed by atoms with E-state index in [1.807, 2.05) is 0 Å². The highest BCUT2D eigenvalue weighted by atomic mass is 19.4. The molecule has 1 nitrogen and oxygen atoms in total. The molecule has 1 saturated carbocycles. The van der Waals surface area contributed by atoms with Crippen molar-refractivity contribution in [2.75, 3.05) is 0 Å². The van der Waals surface area contributed by atoms with Gasteiger partial charge in [0.15, 0.2) is 0 Å². The van der Waals surface area contributed by atoms with Gasteiger partial charge in [0.25, 0.3) is 0 Å². The van der Waals surface area contributed by atoms with E-state index in [4.69, 9.17) is 0 Å². The van der Waals surface area contributed by atoms with Crippen molar-refractivity contribution in [3.8, 4) is 5.75 Å². The normalized spacial score (nSPS) is 24.8. The molecule has 0 atom stereocenters. The van der Waals surface area contributed by atoms with E-state index < -0.39 is 23.3 Å². The van der Waals surface area contributed by atoms with Gasteiger partial charge in [0.1, 0.15) is 11.6 Å². The van der Waals surface area contributed by atoms with Gasteiger partial charge in [0.05, 0.1) is 5.92 Å². The van der Waals surface area contributed by atoms with Crippen molar-refractivity contribution in [2.24, 2.45) is 5.92 Å².